The molecule has 4 nitrogen and oxygen atoms in total. The minimum absolute atomic E-state index is 0. The van der Waals surface area contributed by atoms with Gasteiger partial charge in [-0.3, -0.25) is 9.80 Å². The van der Waals surface area contributed by atoms with Crippen LogP contribution >= 0.6 is 12.4 Å². The van der Waals surface area contributed by atoms with Crippen molar-refractivity contribution < 1.29 is 9.53 Å². The fourth-order valence-electron chi connectivity index (χ4n) is 3.21. The summed E-state index contributed by atoms with van der Waals surface area (Å²) in [6.07, 6.45) is 4.62. The van der Waals surface area contributed by atoms with Crippen molar-refractivity contribution in [2.45, 2.75) is 31.6 Å². The molecule has 0 aromatic heterocycles. The van der Waals surface area contributed by atoms with E-state index in [1.165, 1.54) is 19.3 Å². The number of carbonyl (C=O) groups is 1. The van der Waals surface area contributed by atoms with Gasteiger partial charge in [-0.2, -0.15) is 0 Å². The van der Waals surface area contributed by atoms with E-state index in [9.17, 15) is 4.79 Å². The first-order chi connectivity index (χ1) is 9.79. The Kier molecular flexibility index (Phi) is 5.48. The summed E-state index contributed by atoms with van der Waals surface area (Å²) < 4.78 is 5.17. The van der Waals surface area contributed by atoms with Crippen LogP contribution in [0.15, 0.2) is 24.3 Å². The van der Waals surface area contributed by atoms with Gasteiger partial charge in [0.05, 0.1) is 13.0 Å². The summed E-state index contributed by atoms with van der Waals surface area (Å²) in [6, 6.07) is 7.90. The van der Waals surface area contributed by atoms with Crippen LogP contribution in [0.1, 0.15) is 37.2 Å². The number of piperidine rings is 1. The molecule has 1 aromatic rings. The second kappa shape index (κ2) is 7.14. The Morgan fingerprint density at radius 2 is 1.71 bits per heavy atom. The van der Waals surface area contributed by atoms with Crippen molar-refractivity contribution >= 4 is 18.3 Å². The molecule has 1 amide bonds. The number of halogens is 1. The zero-order valence-corrected chi connectivity index (χ0v) is 13.3. The first-order valence-electron chi connectivity index (χ1n) is 7.50. The van der Waals surface area contributed by atoms with Gasteiger partial charge in [-0.1, -0.05) is 18.6 Å². The molecule has 0 N–H and O–H groups in total. The molecule has 2 saturated heterocycles. The summed E-state index contributed by atoms with van der Waals surface area (Å²) in [5, 5.41) is 4.23. The molecule has 2 heterocycles. The summed E-state index contributed by atoms with van der Waals surface area (Å²) in [5.74, 6) is 1.12. The first kappa shape index (κ1) is 16.1. The average molecular weight is 311 g/mol. The van der Waals surface area contributed by atoms with Gasteiger partial charge in [-0.05, 0) is 37.0 Å². The third-order valence-electron chi connectivity index (χ3n) is 4.37. The summed E-state index contributed by atoms with van der Waals surface area (Å²) in [5.41, 5.74) is 1.11. The summed E-state index contributed by atoms with van der Waals surface area (Å²) in [4.78, 5) is 12.6. The third-order valence-corrected chi connectivity index (χ3v) is 4.37. The smallest absolute Gasteiger partial charge is 0.244 e. The van der Waals surface area contributed by atoms with Crippen LogP contribution in [0.25, 0.3) is 0 Å². The highest BCUT2D eigenvalue weighted by molar-refractivity contribution is 5.85. The second-order valence-corrected chi connectivity index (χ2v) is 5.59. The molecule has 1 aromatic carbocycles. The number of benzene rings is 1. The molecule has 0 bridgehead atoms. The van der Waals surface area contributed by atoms with E-state index < -0.39 is 0 Å². The molecule has 2 fully saturated rings. The zero-order chi connectivity index (χ0) is 13.9. The Bertz CT molecular complexity index is 472. The summed E-state index contributed by atoms with van der Waals surface area (Å²) in [7, 11) is 1.66. The summed E-state index contributed by atoms with van der Waals surface area (Å²) in [6.45, 7) is 2.91. The zero-order valence-electron chi connectivity index (χ0n) is 12.5. The molecular formula is C16H23ClN2O2. The second-order valence-electron chi connectivity index (χ2n) is 5.59. The molecule has 3 rings (SSSR count). The predicted molar refractivity (Wildman–Crippen MR) is 84.7 cm³/mol. The number of amides is 1. The van der Waals surface area contributed by atoms with Gasteiger partial charge < -0.3 is 4.74 Å². The van der Waals surface area contributed by atoms with E-state index in [2.05, 4.69) is 5.01 Å². The molecule has 2 aliphatic heterocycles. The number of hydrogen-bond acceptors (Lipinski definition) is 3. The van der Waals surface area contributed by atoms with Crippen LogP contribution < -0.4 is 4.74 Å². The number of hydrogen-bond donors (Lipinski definition) is 0. The van der Waals surface area contributed by atoms with Crippen molar-refractivity contribution in [3.63, 3.8) is 0 Å². The molecule has 2 aliphatic rings. The van der Waals surface area contributed by atoms with Crippen molar-refractivity contribution in [2.24, 2.45) is 0 Å². The minimum Gasteiger partial charge on any atom is -0.497 e. The molecule has 21 heavy (non-hydrogen) atoms. The van der Waals surface area contributed by atoms with Crippen molar-refractivity contribution in [3.05, 3.63) is 29.8 Å². The Morgan fingerprint density at radius 1 is 1.05 bits per heavy atom. The molecular weight excluding hydrogens is 288 g/mol. The van der Waals surface area contributed by atoms with Crippen LogP contribution in [-0.2, 0) is 4.79 Å². The monoisotopic (exact) mass is 310 g/mol. The van der Waals surface area contributed by atoms with Crippen molar-refractivity contribution in [1.82, 2.24) is 10.0 Å². The van der Waals surface area contributed by atoms with E-state index in [-0.39, 0.29) is 24.2 Å². The van der Waals surface area contributed by atoms with Crippen molar-refractivity contribution in [2.75, 3.05) is 26.7 Å². The average Bonchev–Trinajstić information content (AvgIpc) is 2.90. The number of ether oxygens (including phenoxy) is 1. The summed E-state index contributed by atoms with van der Waals surface area (Å²) >= 11 is 0. The highest BCUT2D eigenvalue weighted by atomic mass is 35.5. The minimum atomic E-state index is 0. The molecule has 0 aliphatic carbocycles. The van der Waals surface area contributed by atoms with Crippen LogP contribution in [0.2, 0.25) is 0 Å². The number of methoxy groups -OCH3 is 1. The van der Waals surface area contributed by atoms with Gasteiger partial charge in [0.15, 0.2) is 0 Å². The standard InChI is InChI=1S/C16H22N2O2.ClH/c1-20-14-7-5-13(6-8-14)15-9-12-18(16(15)19)17-10-3-2-4-11-17;/h5-8,15H,2-4,9-12H2,1H3;1H. The SMILES string of the molecule is COc1ccc(C2CCN(N3CCCCC3)C2=O)cc1.Cl. The molecule has 5 heteroatoms. The number of rotatable bonds is 3. The largest absolute Gasteiger partial charge is 0.497 e. The number of nitrogens with zero attached hydrogens (tertiary/aromatic N) is 2. The van der Waals surface area contributed by atoms with Crippen LogP contribution in [0.3, 0.4) is 0 Å². The molecule has 1 unspecified atom stereocenters. The number of carbonyl (C=O) groups excluding carboxylic acids is 1. The van der Waals surface area contributed by atoms with Gasteiger partial charge in [0, 0.05) is 19.6 Å². The van der Waals surface area contributed by atoms with Crippen LogP contribution in [-0.4, -0.2) is 42.7 Å². The Morgan fingerprint density at radius 3 is 2.33 bits per heavy atom. The van der Waals surface area contributed by atoms with Crippen LogP contribution in [0.4, 0.5) is 0 Å². The van der Waals surface area contributed by atoms with Crippen LogP contribution in [0, 0.1) is 0 Å². The maximum absolute atomic E-state index is 12.6. The fourth-order valence-corrected chi connectivity index (χ4v) is 3.21. The van der Waals surface area contributed by atoms with Gasteiger partial charge in [0.1, 0.15) is 5.75 Å². The van der Waals surface area contributed by atoms with E-state index in [0.717, 1.165) is 37.4 Å². The molecule has 0 radical (unpaired) electrons. The Labute approximate surface area is 132 Å². The van der Waals surface area contributed by atoms with Crippen molar-refractivity contribution in [1.29, 1.82) is 0 Å². The van der Waals surface area contributed by atoms with Crippen LogP contribution in [0.5, 0.6) is 5.75 Å². The van der Waals surface area contributed by atoms with Gasteiger partial charge in [-0.25, -0.2) is 5.01 Å². The highest BCUT2D eigenvalue weighted by Crippen LogP contribution is 2.31. The number of hydrazine groups is 1. The molecule has 0 spiro atoms. The van der Waals surface area contributed by atoms with E-state index >= 15 is 0 Å². The lowest BCUT2D eigenvalue weighted by atomic mass is 9.98. The first-order valence-corrected chi connectivity index (χ1v) is 7.50. The third kappa shape index (κ3) is 3.33. The van der Waals surface area contributed by atoms with E-state index in [1.807, 2.05) is 29.3 Å². The highest BCUT2D eigenvalue weighted by Gasteiger charge is 2.36. The molecule has 1 atom stereocenters. The molecule has 0 saturated carbocycles. The van der Waals surface area contributed by atoms with Gasteiger partial charge in [-0.15, -0.1) is 12.4 Å². The van der Waals surface area contributed by atoms with E-state index in [4.69, 9.17) is 4.74 Å². The quantitative estimate of drug-likeness (QED) is 0.860. The Balaban J connectivity index is 0.00000161. The van der Waals surface area contributed by atoms with Gasteiger partial charge in [0.2, 0.25) is 5.91 Å². The lowest BCUT2D eigenvalue weighted by Crippen LogP contribution is -2.46. The van der Waals surface area contributed by atoms with Gasteiger partial charge in [0.25, 0.3) is 0 Å². The molecule has 116 valence electrons. The van der Waals surface area contributed by atoms with Gasteiger partial charge >= 0.3 is 0 Å². The lowest BCUT2D eigenvalue weighted by molar-refractivity contribution is -0.145. The Hall–Kier alpha value is -1.26. The maximum atomic E-state index is 12.6. The fraction of sp³-hybridized carbons (Fsp3) is 0.562. The maximum Gasteiger partial charge on any atom is 0.244 e. The van der Waals surface area contributed by atoms with Crippen molar-refractivity contribution in [3.8, 4) is 5.75 Å². The topological polar surface area (TPSA) is 32.8 Å². The van der Waals surface area contributed by atoms with E-state index in [0.29, 0.717) is 0 Å². The normalized spacial score (nSPS) is 23.0. The van der Waals surface area contributed by atoms with E-state index in [1.54, 1.807) is 7.11 Å². The predicted octanol–water partition coefficient (Wildman–Crippen LogP) is 2.83. The lowest BCUT2D eigenvalue weighted by Gasteiger charge is -2.34.